The number of hydrogen-bond donors (Lipinski definition) is 1. The minimum absolute atomic E-state index is 0.711. The molecule has 3 rings (SSSR count). The minimum atomic E-state index is 0.711. The summed E-state index contributed by atoms with van der Waals surface area (Å²) in [5, 5.41) is 16.0. The number of anilines is 1. The molecule has 0 unspecified atom stereocenters. The molecule has 0 saturated carbocycles. The Morgan fingerprint density at radius 2 is 1.82 bits per heavy atom. The molecule has 2 nitrogen and oxygen atoms in total. The lowest BCUT2D eigenvalue weighted by Crippen LogP contribution is -1.98. The van der Waals surface area contributed by atoms with E-state index in [2.05, 4.69) is 54.0 Å². The van der Waals surface area contributed by atoms with Crippen molar-refractivity contribution in [1.82, 2.24) is 0 Å². The van der Waals surface area contributed by atoms with Crippen LogP contribution in [0.2, 0.25) is 0 Å². The second kappa shape index (κ2) is 6.46. The normalized spacial score (nSPS) is 10.2. The Morgan fingerprint density at radius 1 is 1.05 bits per heavy atom. The van der Waals surface area contributed by atoms with Crippen LogP contribution in [0.25, 0.3) is 11.1 Å². The fourth-order valence-electron chi connectivity index (χ4n) is 2.37. The zero-order valence-corrected chi connectivity index (χ0v) is 13.2. The van der Waals surface area contributed by atoms with Crippen LogP contribution in [0.15, 0.2) is 60.0 Å². The molecule has 3 heteroatoms. The fourth-order valence-corrected chi connectivity index (χ4v) is 3.19. The van der Waals surface area contributed by atoms with Gasteiger partial charge in [0.05, 0.1) is 16.6 Å². The first-order chi connectivity index (χ1) is 10.8. The highest BCUT2D eigenvalue weighted by Crippen LogP contribution is 2.25. The van der Waals surface area contributed by atoms with Crippen LogP contribution in [0.1, 0.15) is 16.7 Å². The fraction of sp³-hybridized carbons (Fsp3) is 0.105. The van der Waals surface area contributed by atoms with Gasteiger partial charge in [0.2, 0.25) is 0 Å². The molecule has 1 heterocycles. The third kappa shape index (κ3) is 3.03. The standard InChI is InChI=1S/C19H16N2S/c1-14-10-11-22-19(14)21-13-15-6-8-16(9-7-15)18-5-3-2-4-17(18)12-20/h2-11,21H,13H2,1H3. The van der Waals surface area contributed by atoms with Crippen molar-refractivity contribution in [3.63, 3.8) is 0 Å². The van der Waals surface area contributed by atoms with Crippen LogP contribution in [0.3, 0.4) is 0 Å². The Labute approximate surface area is 134 Å². The van der Waals surface area contributed by atoms with Gasteiger partial charge in [-0.05, 0) is 46.7 Å². The van der Waals surface area contributed by atoms with Gasteiger partial charge < -0.3 is 5.32 Å². The zero-order valence-electron chi connectivity index (χ0n) is 12.3. The summed E-state index contributed by atoms with van der Waals surface area (Å²) in [6, 6.07) is 20.4. The molecule has 0 bridgehead atoms. The Morgan fingerprint density at radius 3 is 2.50 bits per heavy atom. The highest BCUT2D eigenvalue weighted by Gasteiger charge is 2.04. The van der Waals surface area contributed by atoms with E-state index in [0.29, 0.717) is 5.56 Å². The highest BCUT2D eigenvalue weighted by molar-refractivity contribution is 7.14. The summed E-state index contributed by atoms with van der Waals surface area (Å²) in [6.07, 6.45) is 0. The summed E-state index contributed by atoms with van der Waals surface area (Å²) in [5.74, 6) is 0. The molecule has 0 fully saturated rings. The predicted octanol–water partition coefficient (Wildman–Crippen LogP) is 5.21. The van der Waals surface area contributed by atoms with Gasteiger partial charge in [0.25, 0.3) is 0 Å². The minimum Gasteiger partial charge on any atom is -0.373 e. The van der Waals surface area contributed by atoms with Crippen molar-refractivity contribution in [2.75, 3.05) is 5.32 Å². The van der Waals surface area contributed by atoms with Crippen LogP contribution in [0.4, 0.5) is 5.00 Å². The van der Waals surface area contributed by atoms with Crippen LogP contribution in [0.5, 0.6) is 0 Å². The van der Waals surface area contributed by atoms with Gasteiger partial charge in [0.1, 0.15) is 0 Å². The number of benzene rings is 2. The molecule has 1 N–H and O–H groups in total. The van der Waals surface area contributed by atoms with E-state index in [4.69, 9.17) is 0 Å². The molecule has 22 heavy (non-hydrogen) atoms. The summed E-state index contributed by atoms with van der Waals surface area (Å²) in [6.45, 7) is 2.92. The van der Waals surface area contributed by atoms with E-state index < -0.39 is 0 Å². The molecule has 0 radical (unpaired) electrons. The Bertz CT molecular complexity index is 810. The molecule has 3 aromatic rings. The molecule has 0 aliphatic carbocycles. The van der Waals surface area contributed by atoms with Gasteiger partial charge in [0, 0.05) is 6.54 Å². The van der Waals surface area contributed by atoms with Crippen LogP contribution >= 0.6 is 11.3 Å². The maximum absolute atomic E-state index is 9.19. The first-order valence-electron chi connectivity index (χ1n) is 7.14. The Hall–Kier alpha value is -2.57. The van der Waals surface area contributed by atoms with Crippen LogP contribution in [-0.2, 0) is 6.54 Å². The third-order valence-electron chi connectivity index (χ3n) is 3.63. The molecule has 1 aromatic heterocycles. The summed E-state index contributed by atoms with van der Waals surface area (Å²) >= 11 is 1.73. The van der Waals surface area contributed by atoms with Crippen LogP contribution < -0.4 is 5.32 Å². The van der Waals surface area contributed by atoms with Crippen molar-refractivity contribution in [2.45, 2.75) is 13.5 Å². The molecule has 2 aromatic carbocycles. The predicted molar refractivity (Wildman–Crippen MR) is 93.0 cm³/mol. The molecular weight excluding hydrogens is 288 g/mol. The van der Waals surface area contributed by atoms with Crippen LogP contribution in [0, 0.1) is 18.3 Å². The number of nitriles is 1. The topological polar surface area (TPSA) is 35.8 Å². The van der Waals surface area contributed by atoms with Gasteiger partial charge in [-0.2, -0.15) is 5.26 Å². The van der Waals surface area contributed by atoms with E-state index in [-0.39, 0.29) is 0 Å². The molecule has 0 amide bonds. The van der Waals surface area contributed by atoms with E-state index in [9.17, 15) is 5.26 Å². The molecular formula is C19H16N2S. The first-order valence-corrected chi connectivity index (χ1v) is 8.02. The lowest BCUT2D eigenvalue weighted by Gasteiger charge is -2.08. The van der Waals surface area contributed by atoms with Crippen molar-refractivity contribution >= 4 is 16.3 Å². The van der Waals surface area contributed by atoms with Gasteiger partial charge >= 0.3 is 0 Å². The molecule has 0 aliphatic rings. The zero-order chi connectivity index (χ0) is 15.4. The maximum atomic E-state index is 9.19. The van der Waals surface area contributed by atoms with E-state index in [1.165, 1.54) is 16.1 Å². The SMILES string of the molecule is Cc1ccsc1NCc1ccc(-c2ccccc2C#N)cc1. The average Bonchev–Trinajstić information content (AvgIpc) is 2.98. The van der Waals surface area contributed by atoms with Crippen molar-refractivity contribution in [1.29, 1.82) is 5.26 Å². The number of hydrogen-bond acceptors (Lipinski definition) is 3. The van der Waals surface area contributed by atoms with Crippen molar-refractivity contribution in [3.8, 4) is 17.2 Å². The maximum Gasteiger partial charge on any atom is 0.0998 e. The molecule has 0 saturated heterocycles. The van der Waals surface area contributed by atoms with E-state index in [1.54, 1.807) is 11.3 Å². The first kappa shape index (κ1) is 14.4. The molecule has 0 aliphatic heterocycles. The summed E-state index contributed by atoms with van der Waals surface area (Å²) in [5.41, 5.74) is 5.28. The van der Waals surface area contributed by atoms with Gasteiger partial charge in [-0.25, -0.2) is 0 Å². The second-order valence-corrected chi connectivity index (χ2v) is 6.06. The lowest BCUT2D eigenvalue weighted by molar-refractivity contribution is 1.15. The number of aryl methyl sites for hydroxylation is 1. The number of nitrogens with one attached hydrogen (secondary N) is 1. The summed E-state index contributed by atoms with van der Waals surface area (Å²) < 4.78 is 0. The molecule has 0 atom stereocenters. The smallest absolute Gasteiger partial charge is 0.0998 e. The Balaban J connectivity index is 1.76. The van der Waals surface area contributed by atoms with Crippen molar-refractivity contribution < 1.29 is 0 Å². The van der Waals surface area contributed by atoms with Gasteiger partial charge in [0.15, 0.2) is 0 Å². The quantitative estimate of drug-likeness (QED) is 0.718. The Kier molecular flexibility index (Phi) is 4.22. The highest BCUT2D eigenvalue weighted by atomic mass is 32.1. The molecule has 0 spiro atoms. The molecule has 108 valence electrons. The lowest BCUT2D eigenvalue weighted by atomic mass is 9.99. The number of rotatable bonds is 4. The van der Waals surface area contributed by atoms with Crippen LogP contribution in [-0.4, -0.2) is 0 Å². The summed E-state index contributed by atoms with van der Waals surface area (Å²) in [4.78, 5) is 0. The summed E-state index contributed by atoms with van der Waals surface area (Å²) in [7, 11) is 0. The van der Waals surface area contributed by atoms with Gasteiger partial charge in [-0.1, -0.05) is 42.5 Å². The largest absolute Gasteiger partial charge is 0.373 e. The van der Waals surface area contributed by atoms with E-state index in [0.717, 1.165) is 17.7 Å². The van der Waals surface area contributed by atoms with E-state index in [1.807, 2.05) is 24.3 Å². The number of thiophene rings is 1. The average molecular weight is 304 g/mol. The van der Waals surface area contributed by atoms with E-state index >= 15 is 0 Å². The second-order valence-electron chi connectivity index (χ2n) is 5.14. The monoisotopic (exact) mass is 304 g/mol. The third-order valence-corrected chi connectivity index (χ3v) is 4.60. The van der Waals surface area contributed by atoms with Crippen molar-refractivity contribution in [3.05, 3.63) is 76.7 Å². The van der Waals surface area contributed by atoms with Crippen molar-refractivity contribution in [2.24, 2.45) is 0 Å². The number of nitrogens with zero attached hydrogens (tertiary/aromatic N) is 1. The van der Waals surface area contributed by atoms with Gasteiger partial charge in [-0.3, -0.25) is 0 Å². The van der Waals surface area contributed by atoms with Gasteiger partial charge in [-0.15, -0.1) is 11.3 Å².